The number of para-hydroxylation sites is 2. The molecule has 0 unspecified atom stereocenters. The predicted molar refractivity (Wildman–Crippen MR) is 66.4 cm³/mol. The molecule has 0 amide bonds. The van der Waals surface area contributed by atoms with Gasteiger partial charge in [-0.1, -0.05) is 12.1 Å². The van der Waals surface area contributed by atoms with Crippen molar-refractivity contribution >= 4 is 22.4 Å². The molecule has 5 heteroatoms. The highest BCUT2D eigenvalue weighted by molar-refractivity contribution is 7.09. The molecule has 17 heavy (non-hydrogen) atoms. The van der Waals surface area contributed by atoms with Crippen molar-refractivity contribution in [3.05, 3.63) is 50.9 Å². The first-order valence-electron chi connectivity index (χ1n) is 5.23. The van der Waals surface area contributed by atoms with Gasteiger partial charge in [0, 0.05) is 5.38 Å². The molecule has 2 heterocycles. The van der Waals surface area contributed by atoms with Crippen LogP contribution in [0, 0.1) is 6.92 Å². The Hall–Kier alpha value is -1.88. The summed E-state index contributed by atoms with van der Waals surface area (Å²) in [6, 6.07) is 7.40. The Labute approximate surface area is 101 Å². The van der Waals surface area contributed by atoms with E-state index >= 15 is 0 Å². The molecule has 0 saturated heterocycles. The summed E-state index contributed by atoms with van der Waals surface area (Å²) >= 11 is 1.58. The Morgan fingerprint density at radius 2 is 2.24 bits per heavy atom. The average molecular weight is 246 g/mol. The van der Waals surface area contributed by atoms with Gasteiger partial charge in [0.2, 0.25) is 0 Å². The van der Waals surface area contributed by atoms with Crippen LogP contribution in [0.4, 0.5) is 0 Å². The lowest BCUT2D eigenvalue weighted by atomic mass is 10.3. The number of nitrogens with zero attached hydrogens (tertiary/aromatic N) is 2. The van der Waals surface area contributed by atoms with Crippen LogP contribution in [-0.4, -0.2) is 9.55 Å². The lowest BCUT2D eigenvalue weighted by Crippen LogP contribution is -2.14. The third kappa shape index (κ3) is 1.78. The molecule has 3 aromatic rings. The van der Waals surface area contributed by atoms with Crippen molar-refractivity contribution in [1.82, 2.24) is 9.55 Å². The number of aromatic nitrogens is 2. The standard InChI is InChI=1S/C12H10N2O2S/c1-8-13-9(7-17-8)6-14-10-4-2-3-5-11(10)16-12(14)15/h2-5,7H,6H2,1H3. The van der Waals surface area contributed by atoms with E-state index in [9.17, 15) is 4.79 Å². The highest BCUT2D eigenvalue weighted by atomic mass is 32.1. The van der Waals surface area contributed by atoms with Gasteiger partial charge in [0.25, 0.3) is 0 Å². The van der Waals surface area contributed by atoms with Gasteiger partial charge in [-0.25, -0.2) is 9.78 Å². The Morgan fingerprint density at radius 3 is 3.00 bits per heavy atom. The van der Waals surface area contributed by atoms with Gasteiger partial charge in [0.15, 0.2) is 5.58 Å². The molecule has 0 aliphatic rings. The molecule has 0 saturated carbocycles. The van der Waals surface area contributed by atoms with Crippen molar-refractivity contribution in [2.24, 2.45) is 0 Å². The fourth-order valence-electron chi connectivity index (χ4n) is 1.81. The third-order valence-electron chi connectivity index (χ3n) is 2.56. The van der Waals surface area contributed by atoms with Crippen LogP contribution in [-0.2, 0) is 6.54 Å². The summed E-state index contributed by atoms with van der Waals surface area (Å²) in [6.45, 7) is 2.41. The zero-order chi connectivity index (χ0) is 11.8. The Morgan fingerprint density at radius 1 is 1.41 bits per heavy atom. The molecule has 0 radical (unpaired) electrons. The quantitative estimate of drug-likeness (QED) is 0.697. The molecular weight excluding hydrogens is 236 g/mol. The van der Waals surface area contributed by atoms with Crippen molar-refractivity contribution in [2.75, 3.05) is 0 Å². The minimum Gasteiger partial charge on any atom is -0.408 e. The minimum absolute atomic E-state index is 0.336. The van der Waals surface area contributed by atoms with Crippen LogP contribution in [0.5, 0.6) is 0 Å². The smallest absolute Gasteiger partial charge is 0.408 e. The van der Waals surface area contributed by atoms with Gasteiger partial charge in [-0.3, -0.25) is 4.57 Å². The monoisotopic (exact) mass is 246 g/mol. The molecule has 86 valence electrons. The van der Waals surface area contributed by atoms with Gasteiger partial charge in [-0.15, -0.1) is 11.3 Å². The third-order valence-corrected chi connectivity index (χ3v) is 3.38. The van der Waals surface area contributed by atoms with Gasteiger partial charge >= 0.3 is 5.76 Å². The van der Waals surface area contributed by atoms with E-state index in [4.69, 9.17) is 4.42 Å². The number of oxazole rings is 1. The zero-order valence-corrected chi connectivity index (χ0v) is 10.0. The summed E-state index contributed by atoms with van der Waals surface area (Å²) in [6.07, 6.45) is 0. The summed E-state index contributed by atoms with van der Waals surface area (Å²) in [7, 11) is 0. The van der Waals surface area contributed by atoms with Crippen LogP contribution >= 0.6 is 11.3 Å². The number of hydrogen-bond donors (Lipinski definition) is 0. The highest BCUT2D eigenvalue weighted by Gasteiger charge is 2.09. The lowest BCUT2D eigenvalue weighted by Gasteiger charge is -1.98. The van der Waals surface area contributed by atoms with Crippen LogP contribution in [0.25, 0.3) is 11.1 Å². The largest absolute Gasteiger partial charge is 0.420 e. The molecule has 0 bridgehead atoms. The van der Waals surface area contributed by atoms with Crippen molar-refractivity contribution in [3.8, 4) is 0 Å². The summed E-state index contributed by atoms with van der Waals surface area (Å²) in [5.74, 6) is -0.336. The molecule has 4 nitrogen and oxygen atoms in total. The fourth-order valence-corrected chi connectivity index (χ4v) is 2.41. The van der Waals surface area contributed by atoms with Gasteiger partial charge < -0.3 is 4.42 Å². The predicted octanol–water partition coefficient (Wildman–Crippen LogP) is 2.41. The highest BCUT2D eigenvalue weighted by Crippen LogP contribution is 2.14. The number of fused-ring (bicyclic) bond motifs is 1. The van der Waals surface area contributed by atoms with Gasteiger partial charge in [-0.05, 0) is 19.1 Å². The molecule has 0 N–H and O–H groups in total. The summed E-state index contributed by atoms with van der Waals surface area (Å²) in [5.41, 5.74) is 2.31. The Bertz CT molecular complexity index is 723. The maximum atomic E-state index is 11.7. The SMILES string of the molecule is Cc1nc(Cn2c(=O)oc3ccccc32)cs1. The van der Waals surface area contributed by atoms with E-state index in [-0.39, 0.29) is 5.76 Å². The van der Waals surface area contributed by atoms with Gasteiger partial charge in [-0.2, -0.15) is 0 Å². The molecule has 3 rings (SSSR count). The maximum absolute atomic E-state index is 11.7. The maximum Gasteiger partial charge on any atom is 0.420 e. The summed E-state index contributed by atoms with van der Waals surface area (Å²) in [5, 5.41) is 2.96. The van der Waals surface area contributed by atoms with E-state index in [1.54, 1.807) is 22.0 Å². The van der Waals surface area contributed by atoms with Gasteiger partial charge in [0.05, 0.1) is 22.8 Å². The molecule has 2 aromatic heterocycles. The number of thiazole rings is 1. The molecule has 0 fully saturated rings. The van der Waals surface area contributed by atoms with Crippen LogP contribution in [0.2, 0.25) is 0 Å². The van der Waals surface area contributed by atoms with Crippen LogP contribution in [0.1, 0.15) is 10.7 Å². The average Bonchev–Trinajstić information content (AvgIpc) is 2.85. The van der Waals surface area contributed by atoms with Crippen LogP contribution < -0.4 is 5.76 Å². The zero-order valence-electron chi connectivity index (χ0n) is 9.21. The van der Waals surface area contributed by atoms with Crippen molar-refractivity contribution in [1.29, 1.82) is 0 Å². The normalized spacial score (nSPS) is 11.1. The second-order valence-electron chi connectivity index (χ2n) is 3.78. The molecule has 0 spiro atoms. The van der Waals surface area contributed by atoms with Crippen molar-refractivity contribution < 1.29 is 4.42 Å². The molecule has 1 aromatic carbocycles. The number of benzene rings is 1. The lowest BCUT2D eigenvalue weighted by molar-refractivity contribution is 0.516. The molecule has 0 atom stereocenters. The van der Waals surface area contributed by atoms with Crippen LogP contribution in [0.15, 0.2) is 38.9 Å². The van der Waals surface area contributed by atoms with E-state index < -0.39 is 0 Å². The molecular formula is C12H10N2O2S. The van der Waals surface area contributed by atoms with E-state index in [1.807, 2.05) is 30.5 Å². The van der Waals surface area contributed by atoms with Gasteiger partial charge in [0.1, 0.15) is 0 Å². The first-order chi connectivity index (χ1) is 8.24. The number of hydrogen-bond acceptors (Lipinski definition) is 4. The Kier molecular flexibility index (Phi) is 2.33. The fraction of sp³-hybridized carbons (Fsp3) is 0.167. The van der Waals surface area contributed by atoms with Crippen molar-refractivity contribution in [2.45, 2.75) is 13.5 Å². The van der Waals surface area contributed by atoms with Crippen LogP contribution in [0.3, 0.4) is 0 Å². The second-order valence-corrected chi connectivity index (χ2v) is 4.84. The summed E-state index contributed by atoms with van der Waals surface area (Å²) in [4.78, 5) is 16.1. The van der Waals surface area contributed by atoms with E-state index in [1.165, 1.54) is 0 Å². The molecule has 0 aliphatic heterocycles. The molecule has 0 aliphatic carbocycles. The topological polar surface area (TPSA) is 48.0 Å². The number of aryl methyl sites for hydroxylation is 1. The summed E-state index contributed by atoms with van der Waals surface area (Å²) < 4.78 is 6.76. The van der Waals surface area contributed by atoms with E-state index in [0.29, 0.717) is 12.1 Å². The number of rotatable bonds is 2. The Balaban J connectivity index is 2.11. The van der Waals surface area contributed by atoms with E-state index in [2.05, 4.69) is 4.98 Å². The first kappa shape index (κ1) is 10.3. The second kappa shape index (κ2) is 3.85. The van der Waals surface area contributed by atoms with Crippen molar-refractivity contribution in [3.63, 3.8) is 0 Å². The minimum atomic E-state index is -0.336. The van der Waals surface area contributed by atoms with E-state index in [0.717, 1.165) is 16.2 Å². The first-order valence-corrected chi connectivity index (χ1v) is 6.11.